The van der Waals surface area contributed by atoms with Crippen LogP contribution in [-0.2, 0) is 0 Å². The van der Waals surface area contributed by atoms with Crippen LogP contribution in [0.5, 0.6) is 0 Å². The van der Waals surface area contributed by atoms with Gasteiger partial charge in [0, 0.05) is 36.5 Å². The first kappa shape index (κ1) is 17.4. The zero-order valence-electron chi connectivity index (χ0n) is 15.8. The second-order valence-electron chi connectivity index (χ2n) is 7.20. The van der Waals surface area contributed by atoms with Crippen LogP contribution in [0, 0.1) is 0 Å². The van der Waals surface area contributed by atoms with Gasteiger partial charge in [0.25, 0.3) is 5.91 Å². The Balaban J connectivity index is 1.34. The molecule has 6 nitrogen and oxygen atoms in total. The molecule has 6 heteroatoms. The normalized spacial score (nSPS) is 16.3. The molecular weight excluding hydrogens is 364 g/mol. The number of hydrogen-bond acceptors (Lipinski definition) is 5. The Morgan fingerprint density at radius 3 is 2.76 bits per heavy atom. The molecule has 1 amide bonds. The minimum Gasteiger partial charge on any atom is -0.355 e. The van der Waals surface area contributed by atoms with Crippen molar-refractivity contribution in [2.45, 2.75) is 12.5 Å². The first-order chi connectivity index (χ1) is 14.3. The van der Waals surface area contributed by atoms with Crippen LogP contribution in [-0.4, -0.2) is 35.2 Å². The molecule has 0 aliphatic carbocycles. The Bertz CT molecular complexity index is 1140. The van der Waals surface area contributed by atoms with Crippen LogP contribution in [0.15, 0.2) is 77.4 Å². The van der Waals surface area contributed by atoms with Gasteiger partial charge in [-0.1, -0.05) is 41.6 Å². The zero-order valence-corrected chi connectivity index (χ0v) is 15.8. The average Bonchev–Trinajstić information content (AvgIpc) is 3.41. The van der Waals surface area contributed by atoms with Gasteiger partial charge in [-0.25, -0.2) is 4.98 Å². The number of pyridine rings is 1. The summed E-state index contributed by atoms with van der Waals surface area (Å²) in [5, 5.41) is 8.11. The number of carbonyl (C=O) groups is 1. The molecule has 0 spiro atoms. The van der Waals surface area contributed by atoms with Crippen molar-refractivity contribution in [1.29, 1.82) is 0 Å². The monoisotopic (exact) mass is 384 g/mol. The van der Waals surface area contributed by atoms with Crippen LogP contribution in [0.4, 0.5) is 5.82 Å². The number of aromatic nitrogens is 2. The van der Waals surface area contributed by atoms with Crippen LogP contribution < -0.4 is 10.2 Å². The maximum atomic E-state index is 12.9. The van der Waals surface area contributed by atoms with E-state index in [1.165, 1.54) is 0 Å². The standard InChI is InChI=1S/C23H20N4O2/c28-23(25-18-11-13-27(15-18)21-8-4-5-12-24-21)17-9-10-20-19(14-17)22(29-26-20)16-6-2-1-3-7-16/h1-10,12,14,18H,11,13,15H2,(H,25,28). The lowest BCUT2D eigenvalue weighted by Gasteiger charge is -2.17. The zero-order chi connectivity index (χ0) is 19.6. The molecule has 1 fully saturated rings. The summed E-state index contributed by atoms with van der Waals surface area (Å²) in [4.78, 5) is 19.5. The Hall–Kier alpha value is -3.67. The van der Waals surface area contributed by atoms with E-state index in [9.17, 15) is 4.79 Å². The fraction of sp³-hybridized carbons (Fsp3) is 0.174. The molecule has 1 saturated heterocycles. The smallest absolute Gasteiger partial charge is 0.251 e. The molecule has 2 aromatic carbocycles. The van der Waals surface area contributed by atoms with Gasteiger partial charge in [-0.3, -0.25) is 4.79 Å². The number of nitrogens with zero attached hydrogens (tertiary/aromatic N) is 3. The van der Waals surface area contributed by atoms with Crippen LogP contribution >= 0.6 is 0 Å². The summed E-state index contributed by atoms with van der Waals surface area (Å²) < 4.78 is 5.54. The van der Waals surface area contributed by atoms with Crippen molar-refractivity contribution >= 4 is 22.6 Å². The lowest BCUT2D eigenvalue weighted by atomic mass is 10.1. The highest BCUT2D eigenvalue weighted by Crippen LogP contribution is 2.29. The van der Waals surface area contributed by atoms with Gasteiger partial charge in [0.05, 0.1) is 5.39 Å². The number of anilines is 1. The van der Waals surface area contributed by atoms with Crippen molar-refractivity contribution in [3.63, 3.8) is 0 Å². The summed E-state index contributed by atoms with van der Waals surface area (Å²) in [7, 11) is 0. The first-order valence-corrected chi connectivity index (χ1v) is 9.69. The van der Waals surface area contributed by atoms with Crippen molar-refractivity contribution in [3.05, 3.63) is 78.5 Å². The molecule has 3 heterocycles. The van der Waals surface area contributed by atoms with Gasteiger partial charge in [0.1, 0.15) is 11.3 Å². The molecule has 0 saturated carbocycles. The van der Waals surface area contributed by atoms with Crippen molar-refractivity contribution < 1.29 is 9.32 Å². The second kappa shape index (κ2) is 7.39. The van der Waals surface area contributed by atoms with Gasteiger partial charge in [-0.2, -0.15) is 0 Å². The fourth-order valence-corrected chi connectivity index (χ4v) is 3.78. The summed E-state index contributed by atoms with van der Waals surface area (Å²) in [6, 6.07) is 21.2. The molecule has 29 heavy (non-hydrogen) atoms. The van der Waals surface area contributed by atoms with Crippen molar-refractivity contribution in [1.82, 2.24) is 15.5 Å². The highest BCUT2D eigenvalue weighted by atomic mass is 16.5. The third-order valence-corrected chi connectivity index (χ3v) is 5.27. The van der Waals surface area contributed by atoms with E-state index >= 15 is 0 Å². The van der Waals surface area contributed by atoms with E-state index in [4.69, 9.17) is 4.52 Å². The predicted molar refractivity (Wildman–Crippen MR) is 112 cm³/mol. The molecule has 1 aliphatic rings. The number of carbonyl (C=O) groups excluding carboxylic acids is 1. The molecular formula is C23H20N4O2. The highest BCUT2D eigenvalue weighted by Gasteiger charge is 2.25. The molecule has 5 rings (SSSR count). The van der Waals surface area contributed by atoms with Gasteiger partial charge < -0.3 is 14.7 Å². The minimum atomic E-state index is -0.0833. The van der Waals surface area contributed by atoms with Crippen LogP contribution in [0.1, 0.15) is 16.8 Å². The molecule has 1 unspecified atom stereocenters. The molecule has 4 aromatic rings. The van der Waals surface area contributed by atoms with E-state index in [2.05, 4.69) is 20.4 Å². The molecule has 1 aliphatic heterocycles. The number of hydrogen-bond donors (Lipinski definition) is 1. The predicted octanol–water partition coefficient (Wildman–Crippen LogP) is 3.90. The SMILES string of the molecule is O=C(NC1CCN(c2ccccn2)C1)c1ccc2noc(-c3ccccc3)c2c1. The van der Waals surface area contributed by atoms with Crippen LogP contribution in [0.3, 0.4) is 0 Å². The fourth-order valence-electron chi connectivity index (χ4n) is 3.78. The first-order valence-electron chi connectivity index (χ1n) is 9.69. The van der Waals surface area contributed by atoms with E-state index in [1.54, 1.807) is 12.3 Å². The molecule has 0 radical (unpaired) electrons. The van der Waals surface area contributed by atoms with Gasteiger partial charge >= 0.3 is 0 Å². The van der Waals surface area contributed by atoms with Gasteiger partial charge in [-0.05, 0) is 36.8 Å². The molecule has 2 aromatic heterocycles. The number of amides is 1. The van der Waals surface area contributed by atoms with E-state index in [-0.39, 0.29) is 11.9 Å². The van der Waals surface area contributed by atoms with Gasteiger partial charge in [-0.15, -0.1) is 0 Å². The quantitative estimate of drug-likeness (QED) is 0.578. The van der Waals surface area contributed by atoms with Crippen LogP contribution in [0.2, 0.25) is 0 Å². The second-order valence-corrected chi connectivity index (χ2v) is 7.20. The molecule has 1 N–H and O–H groups in total. The lowest BCUT2D eigenvalue weighted by Crippen LogP contribution is -2.37. The summed E-state index contributed by atoms with van der Waals surface area (Å²) in [5.74, 6) is 1.54. The Morgan fingerprint density at radius 1 is 1.07 bits per heavy atom. The Morgan fingerprint density at radius 2 is 1.93 bits per heavy atom. The number of fused-ring (bicyclic) bond motifs is 1. The highest BCUT2D eigenvalue weighted by molar-refractivity contribution is 6.01. The van der Waals surface area contributed by atoms with Gasteiger partial charge in [0.2, 0.25) is 0 Å². The maximum absolute atomic E-state index is 12.9. The lowest BCUT2D eigenvalue weighted by molar-refractivity contribution is 0.0940. The van der Waals surface area contributed by atoms with Gasteiger partial charge in [0.15, 0.2) is 5.76 Å². The Labute approximate surface area is 168 Å². The van der Waals surface area contributed by atoms with E-state index in [0.717, 1.165) is 41.8 Å². The van der Waals surface area contributed by atoms with E-state index in [0.29, 0.717) is 11.3 Å². The van der Waals surface area contributed by atoms with Crippen molar-refractivity contribution in [2.75, 3.05) is 18.0 Å². The third kappa shape index (κ3) is 3.45. The van der Waals surface area contributed by atoms with E-state index in [1.807, 2.05) is 60.7 Å². The summed E-state index contributed by atoms with van der Waals surface area (Å²) >= 11 is 0. The maximum Gasteiger partial charge on any atom is 0.251 e. The Kier molecular flexibility index (Phi) is 4.44. The number of rotatable bonds is 4. The molecule has 0 bridgehead atoms. The molecule has 1 atom stereocenters. The topological polar surface area (TPSA) is 71.3 Å². The average molecular weight is 384 g/mol. The number of nitrogens with one attached hydrogen (secondary N) is 1. The summed E-state index contributed by atoms with van der Waals surface area (Å²) in [6.07, 6.45) is 2.69. The summed E-state index contributed by atoms with van der Waals surface area (Å²) in [5.41, 5.74) is 2.28. The molecule has 144 valence electrons. The third-order valence-electron chi connectivity index (χ3n) is 5.27. The minimum absolute atomic E-state index is 0.0833. The van der Waals surface area contributed by atoms with Crippen LogP contribution in [0.25, 0.3) is 22.2 Å². The van der Waals surface area contributed by atoms with Crippen molar-refractivity contribution in [3.8, 4) is 11.3 Å². The van der Waals surface area contributed by atoms with Crippen molar-refractivity contribution in [2.24, 2.45) is 0 Å². The van der Waals surface area contributed by atoms with E-state index < -0.39 is 0 Å². The number of benzene rings is 2. The largest absolute Gasteiger partial charge is 0.355 e. The summed E-state index contributed by atoms with van der Waals surface area (Å²) in [6.45, 7) is 1.64.